The number of benzene rings is 5. The van der Waals surface area contributed by atoms with Crippen molar-refractivity contribution in [3.8, 4) is 5.75 Å². The average molecular weight is 725 g/mol. The summed E-state index contributed by atoms with van der Waals surface area (Å²) in [6, 6.07) is 20.8. The number of methoxy groups -OCH3 is 2. The van der Waals surface area contributed by atoms with Crippen LogP contribution in [0.25, 0.3) is 0 Å². The number of carbonyl (C=O) groups is 3. The van der Waals surface area contributed by atoms with E-state index in [9.17, 15) is 40.7 Å². The highest BCUT2D eigenvalue weighted by molar-refractivity contribution is 5.91. The van der Waals surface area contributed by atoms with Gasteiger partial charge in [0.25, 0.3) is 0 Å². The first kappa shape index (κ1) is 38.5. The van der Waals surface area contributed by atoms with E-state index in [4.69, 9.17) is 4.74 Å². The lowest BCUT2D eigenvalue weighted by Gasteiger charge is -2.23. The van der Waals surface area contributed by atoms with Crippen LogP contribution in [0.4, 0.5) is 42.5 Å². The second kappa shape index (κ2) is 17.6. The van der Waals surface area contributed by atoms with Crippen molar-refractivity contribution in [2.75, 3.05) is 24.4 Å². The third kappa shape index (κ3) is 9.68. The fourth-order valence-corrected chi connectivity index (χ4v) is 4.57. The molecule has 8 nitrogen and oxygen atoms in total. The molecule has 5 aromatic carbocycles. The number of hydrogen-bond donors (Lipinski definition) is 1. The Hall–Kier alpha value is -6.31. The molecule has 52 heavy (non-hydrogen) atoms. The third-order valence-electron chi connectivity index (χ3n) is 7.37. The normalized spacial score (nSPS) is 10.4. The fraction of sp³-hybridized carbons (Fsp3) is 0.132. The number of halogens is 6. The second-order valence-electron chi connectivity index (χ2n) is 10.9. The van der Waals surface area contributed by atoms with Crippen LogP contribution in [0, 0.1) is 41.8 Å². The van der Waals surface area contributed by atoms with Crippen LogP contribution in [0.3, 0.4) is 0 Å². The Bertz CT molecular complexity index is 2080. The van der Waals surface area contributed by atoms with Gasteiger partial charge >= 0.3 is 18.0 Å². The maximum Gasteiger partial charge on any atom is 0.420 e. The number of anilines is 2. The molecule has 14 heteroatoms. The summed E-state index contributed by atoms with van der Waals surface area (Å²) in [6.07, 6.45) is -1.04. The molecule has 5 rings (SSSR count). The minimum Gasteiger partial charge on any atom is -0.465 e. The Morgan fingerprint density at radius 2 is 1.17 bits per heavy atom. The number of carbonyl (C=O) groups excluding carboxylic acids is 3. The molecule has 1 amide bonds. The van der Waals surface area contributed by atoms with Crippen molar-refractivity contribution in [1.82, 2.24) is 0 Å². The SMILES string of the molecule is COC(=O)c1ccc(CN(C(=O)Oc2ccc(C)cc2)c2cccc(F)c2F)c(F)c1.COC(=O)c1ccc(CNc2cccc(F)c2F)c(F)c1. The molecule has 0 aromatic heterocycles. The van der Waals surface area contributed by atoms with Crippen molar-refractivity contribution in [3.05, 3.63) is 160 Å². The van der Waals surface area contributed by atoms with Gasteiger partial charge in [-0.1, -0.05) is 42.0 Å². The first-order chi connectivity index (χ1) is 24.8. The molecule has 0 atom stereocenters. The van der Waals surface area contributed by atoms with E-state index in [1.165, 1.54) is 55.6 Å². The molecule has 0 fully saturated rings. The highest BCUT2D eigenvalue weighted by atomic mass is 19.2. The first-order valence-corrected chi connectivity index (χ1v) is 15.2. The summed E-state index contributed by atoms with van der Waals surface area (Å²) in [5.41, 5.74) is 0.661. The number of hydrogen-bond acceptors (Lipinski definition) is 7. The molecule has 270 valence electrons. The number of aryl methyl sites for hydroxylation is 1. The summed E-state index contributed by atoms with van der Waals surface area (Å²) in [7, 11) is 2.35. The van der Waals surface area contributed by atoms with E-state index in [0.29, 0.717) is 0 Å². The van der Waals surface area contributed by atoms with Crippen LogP contribution in [0.15, 0.2) is 97.1 Å². The maximum atomic E-state index is 14.6. The topological polar surface area (TPSA) is 94.2 Å². The Labute approximate surface area is 294 Å². The van der Waals surface area contributed by atoms with Crippen LogP contribution in [0.5, 0.6) is 5.75 Å². The van der Waals surface area contributed by atoms with Gasteiger partial charge in [0.15, 0.2) is 23.3 Å². The number of amides is 1. The zero-order chi connectivity index (χ0) is 37.9. The molecule has 0 aliphatic carbocycles. The van der Waals surface area contributed by atoms with E-state index >= 15 is 0 Å². The third-order valence-corrected chi connectivity index (χ3v) is 7.37. The Morgan fingerprint density at radius 1 is 0.635 bits per heavy atom. The number of ether oxygens (including phenoxy) is 3. The van der Waals surface area contributed by atoms with Gasteiger partial charge in [-0.15, -0.1) is 0 Å². The van der Waals surface area contributed by atoms with Crippen LogP contribution in [-0.4, -0.2) is 32.3 Å². The van der Waals surface area contributed by atoms with E-state index in [2.05, 4.69) is 14.8 Å². The van der Waals surface area contributed by atoms with Crippen molar-refractivity contribution in [2.24, 2.45) is 0 Å². The standard InChI is InChI=1S/C23H18F3NO4.C15H12F3NO2/c1-14-6-10-17(11-7-14)31-23(29)27(20-5-3-4-18(24)21(20)26)13-16-9-8-15(12-19(16)25)22(28)30-2;1-21-15(20)9-5-6-10(12(17)7-9)8-19-13-4-2-3-11(16)14(13)18/h3-12H,13H2,1-2H3;2-7,19H,8H2,1H3. The summed E-state index contributed by atoms with van der Waals surface area (Å²) in [5, 5.41) is 2.60. The Morgan fingerprint density at radius 3 is 1.73 bits per heavy atom. The lowest BCUT2D eigenvalue weighted by atomic mass is 10.1. The van der Waals surface area contributed by atoms with Gasteiger partial charge in [0.1, 0.15) is 17.4 Å². The second-order valence-corrected chi connectivity index (χ2v) is 10.9. The quantitative estimate of drug-likeness (QED) is 0.120. The van der Waals surface area contributed by atoms with Gasteiger partial charge < -0.3 is 19.5 Å². The molecule has 5 aromatic rings. The van der Waals surface area contributed by atoms with Crippen molar-refractivity contribution in [2.45, 2.75) is 20.0 Å². The van der Waals surface area contributed by atoms with Crippen LogP contribution in [-0.2, 0) is 22.6 Å². The number of rotatable bonds is 9. The van der Waals surface area contributed by atoms with Gasteiger partial charge in [0.05, 0.1) is 43.3 Å². The van der Waals surface area contributed by atoms with Crippen LogP contribution in [0.1, 0.15) is 37.4 Å². The van der Waals surface area contributed by atoms with Gasteiger partial charge in [-0.05, 0) is 67.6 Å². The summed E-state index contributed by atoms with van der Waals surface area (Å²) < 4.78 is 97.4. The molecule has 0 saturated carbocycles. The molecule has 0 aliphatic rings. The Kier molecular flexibility index (Phi) is 13.0. The number of esters is 2. The zero-order valence-electron chi connectivity index (χ0n) is 27.8. The largest absolute Gasteiger partial charge is 0.465 e. The van der Waals surface area contributed by atoms with Crippen molar-refractivity contribution in [1.29, 1.82) is 0 Å². The minimum atomic E-state index is -1.28. The van der Waals surface area contributed by atoms with Gasteiger partial charge in [0, 0.05) is 17.7 Å². The lowest BCUT2D eigenvalue weighted by Crippen LogP contribution is -2.34. The number of nitrogens with one attached hydrogen (secondary N) is 1. The van der Waals surface area contributed by atoms with E-state index in [-0.39, 0.29) is 40.2 Å². The molecule has 0 radical (unpaired) electrons. The molecular formula is C38H30F6N2O6. The molecule has 0 unspecified atom stereocenters. The molecule has 0 aliphatic heterocycles. The number of nitrogens with zero attached hydrogens (tertiary/aromatic N) is 1. The fourth-order valence-electron chi connectivity index (χ4n) is 4.57. The van der Waals surface area contributed by atoms with Crippen molar-refractivity contribution < 1.29 is 54.9 Å². The summed E-state index contributed by atoms with van der Waals surface area (Å²) in [4.78, 5) is 36.4. The van der Waals surface area contributed by atoms with Crippen LogP contribution < -0.4 is 15.0 Å². The zero-order valence-corrected chi connectivity index (χ0v) is 27.8. The van der Waals surface area contributed by atoms with Gasteiger partial charge in [0.2, 0.25) is 0 Å². The van der Waals surface area contributed by atoms with E-state index in [0.717, 1.165) is 41.8 Å². The first-order valence-electron chi connectivity index (χ1n) is 15.2. The van der Waals surface area contributed by atoms with E-state index < -0.39 is 65.2 Å². The Balaban J connectivity index is 0.000000251. The van der Waals surface area contributed by atoms with Gasteiger partial charge in [-0.2, -0.15) is 0 Å². The van der Waals surface area contributed by atoms with Crippen molar-refractivity contribution in [3.63, 3.8) is 0 Å². The highest BCUT2D eigenvalue weighted by Gasteiger charge is 2.25. The predicted octanol–water partition coefficient (Wildman–Crippen LogP) is 8.91. The predicted molar refractivity (Wildman–Crippen MR) is 179 cm³/mol. The van der Waals surface area contributed by atoms with Gasteiger partial charge in [-0.3, -0.25) is 4.90 Å². The molecule has 0 heterocycles. The van der Waals surface area contributed by atoms with E-state index in [1.54, 1.807) is 24.3 Å². The molecule has 0 spiro atoms. The molecule has 0 bridgehead atoms. The summed E-state index contributed by atoms with van der Waals surface area (Å²) >= 11 is 0. The van der Waals surface area contributed by atoms with Crippen LogP contribution in [0.2, 0.25) is 0 Å². The van der Waals surface area contributed by atoms with Crippen LogP contribution >= 0.6 is 0 Å². The monoisotopic (exact) mass is 724 g/mol. The average Bonchev–Trinajstić information content (AvgIpc) is 3.14. The van der Waals surface area contributed by atoms with Gasteiger partial charge in [-0.25, -0.2) is 40.7 Å². The maximum absolute atomic E-state index is 14.6. The molecular weight excluding hydrogens is 694 g/mol. The van der Waals surface area contributed by atoms with E-state index in [1.807, 2.05) is 6.92 Å². The summed E-state index contributed by atoms with van der Waals surface area (Å²) in [5.74, 6) is -7.14. The van der Waals surface area contributed by atoms with Crippen molar-refractivity contribution >= 4 is 29.4 Å². The molecule has 1 N–H and O–H groups in total. The summed E-state index contributed by atoms with van der Waals surface area (Å²) in [6.45, 7) is 1.33. The smallest absolute Gasteiger partial charge is 0.420 e. The highest BCUT2D eigenvalue weighted by Crippen LogP contribution is 2.26. The lowest BCUT2D eigenvalue weighted by molar-refractivity contribution is 0.0591. The molecule has 0 saturated heterocycles. The minimum absolute atomic E-state index is 0.0329.